The molecule has 1 aromatic carbocycles. The first-order chi connectivity index (χ1) is 9.51. The Bertz CT molecular complexity index is 526. The Hall–Kier alpha value is -2.24. The number of carboxylic acid groups (broad SMARTS) is 1. The molecule has 1 aromatic rings. The maximum Gasteiger partial charge on any atom is 0.326 e. The van der Waals surface area contributed by atoms with Crippen molar-refractivity contribution in [3.05, 3.63) is 23.8 Å². The molecule has 1 fully saturated rings. The van der Waals surface area contributed by atoms with Gasteiger partial charge in [0.2, 0.25) is 0 Å². The van der Waals surface area contributed by atoms with E-state index in [4.69, 9.17) is 9.84 Å². The zero-order valence-corrected chi connectivity index (χ0v) is 11.5. The fourth-order valence-corrected chi connectivity index (χ4v) is 2.08. The Morgan fingerprint density at radius 2 is 2.10 bits per heavy atom. The van der Waals surface area contributed by atoms with Gasteiger partial charge in [0.15, 0.2) is 0 Å². The predicted molar refractivity (Wildman–Crippen MR) is 74.0 cm³/mol. The Labute approximate surface area is 117 Å². The fraction of sp³-hybridized carbons (Fsp3) is 0.429. The third-order valence-corrected chi connectivity index (χ3v) is 3.30. The molecule has 1 saturated carbocycles. The minimum Gasteiger partial charge on any atom is -0.496 e. The summed E-state index contributed by atoms with van der Waals surface area (Å²) in [5.41, 5.74) is 1.49. The van der Waals surface area contributed by atoms with E-state index >= 15 is 0 Å². The van der Waals surface area contributed by atoms with Crippen molar-refractivity contribution in [1.82, 2.24) is 5.32 Å². The SMILES string of the molecule is COc1ccc(NC(=O)NC(C(=O)O)C2CC2)cc1C. The van der Waals surface area contributed by atoms with Crippen molar-refractivity contribution < 1.29 is 19.4 Å². The van der Waals surface area contributed by atoms with Crippen molar-refractivity contribution in [2.75, 3.05) is 12.4 Å². The van der Waals surface area contributed by atoms with Crippen molar-refractivity contribution in [3.63, 3.8) is 0 Å². The summed E-state index contributed by atoms with van der Waals surface area (Å²) in [6, 6.07) is 3.91. The lowest BCUT2D eigenvalue weighted by Crippen LogP contribution is -2.44. The Morgan fingerprint density at radius 1 is 1.40 bits per heavy atom. The topological polar surface area (TPSA) is 87.7 Å². The number of nitrogens with one attached hydrogen (secondary N) is 2. The molecule has 2 amide bonds. The molecule has 20 heavy (non-hydrogen) atoms. The molecule has 6 heteroatoms. The van der Waals surface area contributed by atoms with Crippen LogP contribution >= 0.6 is 0 Å². The van der Waals surface area contributed by atoms with E-state index in [2.05, 4.69) is 10.6 Å². The van der Waals surface area contributed by atoms with Gasteiger partial charge in [0.1, 0.15) is 11.8 Å². The molecule has 2 rings (SSSR count). The highest BCUT2D eigenvalue weighted by Crippen LogP contribution is 2.32. The van der Waals surface area contributed by atoms with Crippen molar-refractivity contribution >= 4 is 17.7 Å². The van der Waals surface area contributed by atoms with Gasteiger partial charge >= 0.3 is 12.0 Å². The highest BCUT2D eigenvalue weighted by molar-refractivity contribution is 5.92. The summed E-state index contributed by atoms with van der Waals surface area (Å²) >= 11 is 0. The number of carbonyl (C=O) groups excluding carboxylic acids is 1. The third-order valence-electron chi connectivity index (χ3n) is 3.30. The van der Waals surface area contributed by atoms with E-state index in [1.54, 1.807) is 25.3 Å². The van der Waals surface area contributed by atoms with E-state index in [0.717, 1.165) is 24.2 Å². The summed E-state index contributed by atoms with van der Waals surface area (Å²) in [4.78, 5) is 22.9. The molecule has 6 nitrogen and oxygen atoms in total. The van der Waals surface area contributed by atoms with E-state index in [1.807, 2.05) is 6.92 Å². The number of urea groups is 1. The van der Waals surface area contributed by atoms with Crippen molar-refractivity contribution in [2.45, 2.75) is 25.8 Å². The normalized spacial score (nSPS) is 15.3. The van der Waals surface area contributed by atoms with Crippen LogP contribution in [-0.4, -0.2) is 30.3 Å². The van der Waals surface area contributed by atoms with Crippen LogP contribution in [-0.2, 0) is 4.79 Å². The number of rotatable bonds is 5. The summed E-state index contributed by atoms with van der Waals surface area (Å²) in [6.45, 7) is 1.87. The lowest BCUT2D eigenvalue weighted by atomic mass is 10.2. The summed E-state index contributed by atoms with van der Waals surface area (Å²) in [5, 5.41) is 14.2. The van der Waals surface area contributed by atoms with E-state index in [9.17, 15) is 9.59 Å². The average Bonchev–Trinajstić information content (AvgIpc) is 3.20. The van der Waals surface area contributed by atoms with Gasteiger partial charge < -0.3 is 20.5 Å². The second kappa shape index (κ2) is 5.81. The minimum absolute atomic E-state index is 0.0517. The predicted octanol–water partition coefficient (Wildman–Crippen LogP) is 1.99. The Kier molecular flexibility index (Phi) is 4.12. The molecular weight excluding hydrogens is 260 g/mol. The molecule has 1 aliphatic carbocycles. The number of amides is 2. The minimum atomic E-state index is -0.992. The van der Waals surface area contributed by atoms with E-state index in [-0.39, 0.29) is 5.92 Å². The molecule has 1 unspecified atom stereocenters. The molecule has 3 N–H and O–H groups in total. The highest BCUT2D eigenvalue weighted by Gasteiger charge is 2.37. The number of aryl methyl sites for hydroxylation is 1. The largest absolute Gasteiger partial charge is 0.496 e. The Balaban J connectivity index is 1.97. The van der Waals surface area contributed by atoms with Gasteiger partial charge in [0.05, 0.1) is 7.11 Å². The molecule has 0 radical (unpaired) electrons. The van der Waals surface area contributed by atoms with E-state index in [0.29, 0.717) is 5.69 Å². The van der Waals surface area contributed by atoms with Crippen molar-refractivity contribution in [1.29, 1.82) is 0 Å². The average molecular weight is 278 g/mol. The number of carbonyl (C=O) groups is 2. The molecule has 0 heterocycles. The number of carboxylic acids is 1. The zero-order valence-electron chi connectivity index (χ0n) is 11.5. The number of benzene rings is 1. The lowest BCUT2D eigenvalue weighted by Gasteiger charge is -2.15. The summed E-state index contributed by atoms with van der Waals surface area (Å²) in [5.74, 6) is -0.207. The Morgan fingerprint density at radius 3 is 2.60 bits per heavy atom. The number of hydrogen-bond donors (Lipinski definition) is 3. The third kappa shape index (κ3) is 3.40. The maximum absolute atomic E-state index is 11.8. The van der Waals surface area contributed by atoms with Gasteiger partial charge in [-0.1, -0.05) is 0 Å². The summed E-state index contributed by atoms with van der Waals surface area (Å²) in [6.07, 6.45) is 1.69. The van der Waals surface area contributed by atoms with Gasteiger partial charge in [-0.3, -0.25) is 0 Å². The van der Waals surface area contributed by atoms with Gasteiger partial charge in [-0.2, -0.15) is 0 Å². The first-order valence-corrected chi connectivity index (χ1v) is 6.46. The van der Waals surface area contributed by atoms with Crippen LogP contribution in [0.25, 0.3) is 0 Å². The van der Waals surface area contributed by atoms with Crippen LogP contribution in [0.15, 0.2) is 18.2 Å². The molecule has 1 aliphatic rings. The first kappa shape index (κ1) is 14.2. The standard InChI is InChI=1S/C14H18N2O4/c1-8-7-10(5-6-11(8)20-2)15-14(19)16-12(13(17)18)9-3-4-9/h5-7,9,12H,3-4H2,1-2H3,(H,17,18)(H2,15,16,19). The van der Waals surface area contributed by atoms with Crippen molar-refractivity contribution in [2.24, 2.45) is 5.92 Å². The van der Waals surface area contributed by atoms with Gasteiger partial charge in [-0.15, -0.1) is 0 Å². The molecule has 0 aromatic heterocycles. The first-order valence-electron chi connectivity index (χ1n) is 6.46. The number of aliphatic carboxylic acids is 1. The van der Waals surface area contributed by atoms with Gasteiger partial charge in [-0.05, 0) is 49.4 Å². The maximum atomic E-state index is 11.8. The zero-order chi connectivity index (χ0) is 14.7. The smallest absolute Gasteiger partial charge is 0.326 e. The second-order valence-electron chi connectivity index (χ2n) is 4.94. The quantitative estimate of drug-likeness (QED) is 0.768. The molecule has 0 saturated heterocycles. The molecule has 1 atom stereocenters. The highest BCUT2D eigenvalue weighted by atomic mass is 16.5. The van der Waals surface area contributed by atoms with Crippen LogP contribution in [0, 0.1) is 12.8 Å². The summed E-state index contributed by atoms with van der Waals surface area (Å²) < 4.78 is 5.13. The van der Waals surface area contributed by atoms with Gasteiger partial charge in [0.25, 0.3) is 0 Å². The second-order valence-corrected chi connectivity index (χ2v) is 4.94. The van der Waals surface area contributed by atoms with Crippen LogP contribution < -0.4 is 15.4 Å². The number of hydrogen-bond acceptors (Lipinski definition) is 3. The summed E-state index contributed by atoms with van der Waals surface area (Å²) in [7, 11) is 1.58. The monoisotopic (exact) mass is 278 g/mol. The molecule has 0 aliphatic heterocycles. The molecule has 108 valence electrons. The number of anilines is 1. The fourth-order valence-electron chi connectivity index (χ4n) is 2.08. The van der Waals surface area contributed by atoms with Gasteiger partial charge in [-0.25, -0.2) is 9.59 Å². The van der Waals surface area contributed by atoms with E-state index in [1.165, 1.54) is 0 Å². The molecule has 0 spiro atoms. The molecular formula is C14H18N2O4. The molecule has 0 bridgehead atoms. The van der Waals surface area contributed by atoms with Crippen LogP contribution in [0.3, 0.4) is 0 Å². The lowest BCUT2D eigenvalue weighted by molar-refractivity contribution is -0.139. The number of ether oxygens (including phenoxy) is 1. The van der Waals surface area contributed by atoms with Crippen LogP contribution in [0.4, 0.5) is 10.5 Å². The number of methoxy groups -OCH3 is 1. The van der Waals surface area contributed by atoms with Crippen LogP contribution in [0.1, 0.15) is 18.4 Å². The van der Waals surface area contributed by atoms with Crippen molar-refractivity contribution in [3.8, 4) is 5.75 Å². The van der Waals surface area contributed by atoms with Crippen LogP contribution in [0.5, 0.6) is 5.75 Å². The van der Waals surface area contributed by atoms with Crippen LogP contribution in [0.2, 0.25) is 0 Å². The van der Waals surface area contributed by atoms with E-state index < -0.39 is 18.0 Å². The van der Waals surface area contributed by atoms with Gasteiger partial charge in [0, 0.05) is 5.69 Å².